The number of carbonyl (C=O) groups excluding carboxylic acids is 1. The predicted octanol–water partition coefficient (Wildman–Crippen LogP) is 1.36. The Morgan fingerprint density at radius 3 is 2.81 bits per heavy atom. The summed E-state index contributed by atoms with van der Waals surface area (Å²) in [5.74, 6) is 0.130. The molecule has 0 atom stereocenters. The van der Waals surface area contributed by atoms with E-state index >= 15 is 0 Å². The third-order valence-corrected chi connectivity index (χ3v) is 6.77. The number of pyridine rings is 1. The van der Waals surface area contributed by atoms with E-state index < -0.39 is 15.9 Å². The molecule has 3 aromatic rings. The topological polar surface area (TPSA) is 134 Å². The fourth-order valence-electron chi connectivity index (χ4n) is 2.69. The first-order chi connectivity index (χ1) is 13.0. The second kappa shape index (κ2) is 7.13. The van der Waals surface area contributed by atoms with Crippen LogP contribution in [0.25, 0.3) is 10.8 Å². The van der Waals surface area contributed by atoms with Gasteiger partial charge in [-0.15, -0.1) is 11.3 Å². The van der Waals surface area contributed by atoms with Gasteiger partial charge < -0.3 is 5.32 Å². The molecular formula is C15H15N7O3S2. The molecule has 1 fully saturated rings. The standard InChI is InChI=1S/C15H15N7O3S2/c23-14(11-8-26-15(19-11)13-17-9-18-21-13)20-12-7-10(3-4-16-12)27(24,25)22-5-1-2-6-22/h3-4,7-9H,1-2,5-6H2,(H,16,20,23)(H,17,18,21). The van der Waals surface area contributed by atoms with Crippen molar-refractivity contribution in [3.63, 3.8) is 0 Å². The van der Waals surface area contributed by atoms with Crippen LogP contribution in [0.15, 0.2) is 34.9 Å². The maximum Gasteiger partial charge on any atom is 0.276 e. The highest BCUT2D eigenvalue weighted by molar-refractivity contribution is 7.89. The average molecular weight is 405 g/mol. The third kappa shape index (κ3) is 3.59. The summed E-state index contributed by atoms with van der Waals surface area (Å²) in [5, 5.41) is 11.1. The Morgan fingerprint density at radius 2 is 2.07 bits per heavy atom. The summed E-state index contributed by atoms with van der Waals surface area (Å²) >= 11 is 1.24. The van der Waals surface area contributed by atoms with E-state index in [1.54, 1.807) is 5.38 Å². The molecule has 0 radical (unpaired) electrons. The van der Waals surface area contributed by atoms with Crippen molar-refractivity contribution in [2.24, 2.45) is 0 Å². The summed E-state index contributed by atoms with van der Waals surface area (Å²) < 4.78 is 26.7. The van der Waals surface area contributed by atoms with Gasteiger partial charge in [0.15, 0.2) is 10.8 Å². The zero-order chi connectivity index (χ0) is 18.9. The SMILES string of the molecule is O=C(Nc1cc(S(=O)(=O)N2CCCC2)ccn1)c1csc(-c2ncn[nH]2)n1. The van der Waals surface area contributed by atoms with E-state index in [-0.39, 0.29) is 16.4 Å². The molecule has 0 unspecified atom stereocenters. The quantitative estimate of drug-likeness (QED) is 0.654. The number of carbonyl (C=O) groups is 1. The number of H-pyrrole nitrogens is 1. The molecule has 0 bridgehead atoms. The number of rotatable bonds is 5. The molecule has 10 nitrogen and oxygen atoms in total. The van der Waals surface area contributed by atoms with Crippen molar-refractivity contribution in [1.29, 1.82) is 0 Å². The van der Waals surface area contributed by atoms with Gasteiger partial charge in [0.2, 0.25) is 10.0 Å². The van der Waals surface area contributed by atoms with Crippen molar-refractivity contribution in [2.45, 2.75) is 17.7 Å². The second-order valence-corrected chi connectivity index (χ2v) is 8.61. The number of anilines is 1. The van der Waals surface area contributed by atoms with Crippen molar-refractivity contribution in [1.82, 2.24) is 29.5 Å². The Balaban J connectivity index is 1.52. The molecule has 4 rings (SSSR count). The molecule has 1 saturated heterocycles. The first kappa shape index (κ1) is 17.7. The van der Waals surface area contributed by atoms with Crippen LogP contribution in [0.2, 0.25) is 0 Å². The lowest BCUT2D eigenvalue weighted by Gasteiger charge is -2.15. The first-order valence-corrected chi connectivity index (χ1v) is 10.4. The van der Waals surface area contributed by atoms with Crippen LogP contribution in [-0.2, 0) is 10.0 Å². The normalized spacial score (nSPS) is 15.1. The second-order valence-electron chi connectivity index (χ2n) is 5.81. The number of hydrogen-bond donors (Lipinski definition) is 2. The smallest absolute Gasteiger partial charge is 0.276 e. The fraction of sp³-hybridized carbons (Fsp3) is 0.267. The summed E-state index contributed by atoms with van der Waals surface area (Å²) in [6, 6.07) is 2.78. The van der Waals surface area contributed by atoms with Crippen LogP contribution in [-0.4, -0.2) is 56.9 Å². The fourth-order valence-corrected chi connectivity index (χ4v) is 4.97. The molecule has 2 N–H and O–H groups in total. The van der Waals surface area contributed by atoms with E-state index in [1.165, 1.54) is 40.3 Å². The van der Waals surface area contributed by atoms with Gasteiger partial charge in [0.1, 0.15) is 17.8 Å². The molecule has 140 valence electrons. The van der Waals surface area contributed by atoms with E-state index in [0.29, 0.717) is 23.9 Å². The molecular weight excluding hydrogens is 390 g/mol. The monoisotopic (exact) mass is 405 g/mol. The predicted molar refractivity (Wildman–Crippen MR) is 97.7 cm³/mol. The number of amides is 1. The molecule has 1 amide bonds. The van der Waals surface area contributed by atoms with Crippen LogP contribution >= 0.6 is 11.3 Å². The Morgan fingerprint density at radius 1 is 1.26 bits per heavy atom. The van der Waals surface area contributed by atoms with Gasteiger partial charge in [0, 0.05) is 30.7 Å². The van der Waals surface area contributed by atoms with Gasteiger partial charge >= 0.3 is 0 Å². The lowest BCUT2D eigenvalue weighted by molar-refractivity contribution is 0.102. The van der Waals surface area contributed by atoms with Crippen molar-refractivity contribution in [3.05, 3.63) is 35.7 Å². The number of nitrogens with zero attached hydrogens (tertiary/aromatic N) is 5. The van der Waals surface area contributed by atoms with Gasteiger partial charge in [-0.3, -0.25) is 9.89 Å². The Hall–Kier alpha value is -2.70. The maximum atomic E-state index is 12.6. The van der Waals surface area contributed by atoms with E-state index in [4.69, 9.17) is 0 Å². The summed E-state index contributed by atoms with van der Waals surface area (Å²) in [4.78, 5) is 24.7. The summed E-state index contributed by atoms with van der Waals surface area (Å²) in [6.07, 6.45) is 4.42. The van der Waals surface area contributed by atoms with Gasteiger partial charge in [-0.1, -0.05) is 0 Å². The lowest BCUT2D eigenvalue weighted by atomic mass is 10.4. The zero-order valence-corrected chi connectivity index (χ0v) is 15.6. The van der Waals surface area contributed by atoms with Crippen LogP contribution in [0, 0.1) is 0 Å². The Kier molecular flexibility index (Phi) is 4.68. The van der Waals surface area contributed by atoms with Crippen LogP contribution in [0.3, 0.4) is 0 Å². The molecule has 3 aromatic heterocycles. The third-order valence-electron chi connectivity index (χ3n) is 4.03. The molecule has 1 aliphatic heterocycles. The van der Waals surface area contributed by atoms with E-state index in [1.807, 2.05) is 0 Å². The highest BCUT2D eigenvalue weighted by atomic mass is 32.2. The summed E-state index contributed by atoms with van der Waals surface area (Å²) in [6.45, 7) is 1.02. The number of aromatic nitrogens is 5. The van der Waals surface area contributed by atoms with Gasteiger partial charge in [-0.05, 0) is 18.9 Å². The molecule has 1 aliphatic rings. The van der Waals surface area contributed by atoms with E-state index in [0.717, 1.165) is 12.8 Å². The van der Waals surface area contributed by atoms with Crippen LogP contribution < -0.4 is 5.32 Å². The van der Waals surface area contributed by atoms with Gasteiger partial charge in [-0.2, -0.15) is 9.40 Å². The van der Waals surface area contributed by atoms with E-state index in [2.05, 4.69) is 30.5 Å². The number of nitrogens with one attached hydrogen (secondary N) is 2. The molecule has 0 saturated carbocycles. The maximum absolute atomic E-state index is 12.6. The molecule has 0 spiro atoms. The van der Waals surface area contributed by atoms with Crippen molar-refractivity contribution >= 4 is 33.1 Å². The van der Waals surface area contributed by atoms with Crippen LogP contribution in [0.4, 0.5) is 5.82 Å². The van der Waals surface area contributed by atoms with Crippen LogP contribution in [0.5, 0.6) is 0 Å². The Bertz CT molecular complexity index is 1060. The lowest BCUT2D eigenvalue weighted by Crippen LogP contribution is -2.28. The minimum atomic E-state index is -3.58. The zero-order valence-electron chi connectivity index (χ0n) is 14.0. The summed E-state index contributed by atoms with van der Waals surface area (Å²) in [7, 11) is -3.58. The number of sulfonamides is 1. The molecule has 4 heterocycles. The number of aromatic amines is 1. The van der Waals surface area contributed by atoms with E-state index in [9.17, 15) is 13.2 Å². The Labute approximate surface area is 158 Å². The molecule has 0 aromatic carbocycles. The van der Waals surface area contributed by atoms with Crippen molar-refractivity contribution in [3.8, 4) is 10.8 Å². The first-order valence-electron chi connectivity index (χ1n) is 8.13. The van der Waals surface area contributed by atoms with Crippen molar-refractivity contribution < 1.29 is 13.2 Å². The van der Waals surface area contributed by atoms with Crippen molar-refractivity contribution in [2.75, 3.05) is 18.4 Å². The highest BCUT2D eigenvalue weighted by Crippen LogP contribution is 2.23. The van der Waals surface area contributed by atoms with Gasteiger partial charge in [-0.25, -0.2) is 23.4 Å². The van der Waals surface area contributed by atoms with Gasteiger partial charge in [0.25, 0.3) is 5.91 Å². The summed E-state index contributed by atoms with van der Waals surface area (Å²) in [5.41, 5.74) is 0.181. The molecule has 27 heavy (non-hydrogen) atoms. The minimum absolute atomic E-state index is 0.107. The number of thiazole rings is 1. The number of hydrogen-bond acceptors (Lipinski definition) is 8. The van der Waals surface area contributed by atoms with Gasteiger partial charge in [0.05, 0.1) is 4.90 Å². The minimum Gasteiger partial charge on any atom is -0.305 e. The molecule has 0 aliphatic carbocycles. The highest BCUT2D eigenvalue weighted by Gasteiger charge is 2.27. The molecule has 12 heteroatoms. The average Bonchev–Trinajstić information content (AvgIpc) is 3.44. The largest absolute Gasteiger partial charge is 0.305 e. The van der Waals surface area contributed by atoms with Crippen LogP contribution in [0.1, 0.15) is 23.3 Å².